The van der Waals surface area contributed by atoms with Gasteiger partial charge in [-0.15, -0.1) is 22.7 Å². The molecule has 6 heterocycles. The molecule has 0 radical (unpaired) electrons. The van der Waals surface area contributed by atoms with Crippen molar-refractivity contribution in [1.29, 1.82) is 0 Å². The molecule has 4 bridgehead atoms. The van der Waals surface area contributed by atoms with Gasteiger partial charge in [0, 0.05) is 111 Å². The van der Waals surface area contributed by atoms with E-state index >= 15 is 0 Å². The second-order valence-electron chi connectivity index (χ2n) is 28.5. The van der Waals surface area contributed by atoms with Crippen LogP contribution >= 0.6 is 45.3 Å². The minimum atomic E-state index is -1.17. The van der Waals surface area contributed by atoms with Gasteiger partial charge in [0.05, 0.1) is 37.4 Å². The molecule has 14 nitrogen and oxygen atoms in total. The molecule has 10 rings (SSSR count). The topological polar surface area (TPSA) is 130 Å². The molecule has 4 aliphatic rings. The Labute approximate surface area is 505 Å². The van der Waals surface area contributed by atoms with Gasteiger partial charge in [0.15, 0.2) is 11.3 Å². The Bertz CT molecular complexity index is 2760. The van der Waals surface area contributed by atoms with Gasteiger partial charge in [-0.3, -0.25) is 9.97 Å². The monoisotopic (exact) mass is 1310 g/mol. The highest BCUT2D eigenvalue weighted by Crippen LogP contribution is 2.50. The van der Waals surface area contributed by atoms with Gasteiger partial charge in [0.25, 0.3) is 0 Å². The first-order valence-corrected chi connectivity index (χ1v) is 47.6. The summed E-state index contributed by atoms with van der Waals surface area (Å²) in [6.07, 6.45) is 21.1. The zero-order chi connectivity index (χ0) is 57.2. The number of nitrogens with zero attached hydrogens (tertiary/aromatic N) is 10. The molecule has 6 aromatic rings. The highest BCUT2D eigenvalue weighted by atomic mass is 127. The number of hydrogen-bond donors (Lipinski definition) is 0. The number of ether oxygens (including phenoxy) is 4. The van der Waals surface area contributed by atoms with Crippen molar-refractivity contribution >= 4 is 100 Å². The number of halogens is 1. The number of anilines is 2. The molecule has 80 heavy (non-hydrogen) atoms. The first-order valence-electron chi connectivity index (χ1n) is 29.9. The molecule has 0 spiro atoms. The molecule has 0 aliphatic heterocycles. The molecule has 6 aromatic heterocycles. The van der Waals surface area contributed by atoms with Gasteiger partial charge in [-0.25, -0.2) is 9.97 Å². The van der Waals surface area contributed by atoms with E-state index in [4.69, 9.17) is 39.1 Å². The molecule has 442 valence electrons. The largest absolute Gasteiger partial charge is 0.361 e. The molecule has 4 fully saturated rings. The number of hydrogen-bond acceptors (Lipinski definition) is 14. The van der Waals surface area contributed by atoms with Crippen molar-refractivity contribution in [1.82, 2.24) is 39.2 Å². The summed E-state index contributed by atoms with van der Waals surface area (Å²) in [4.78, 5) is 25.5. The first-order chi connectivity index (χ1) is 37.9. The van der Waals surface area contributed by atoms with Crippen molar-refractivity contribution in [2.75, 3.05) is 63.2 Å². The van der Waals surface area contributed by atoms with Crippen LogP contribution in [0.3, 0.4) is 0 Å². The van der Waals surface area contributed by atoms with Crippen LogP contribution in [0.25, 0.3) is 21.7 Å². The molecule has 4 aliphatic carbocycles. The van der Waals surface area contributed by atoms with Crippen LogP contribution in [-0.2, 0) is 18.9 Å². The minimum Gasteiger partial charge on any atom is -0.361 e. The van der Waals surface area contributed by atoms with E-state index in [-0.39, 0.29) is 0 Å². The maximum Gasteiger partial charge on any atom is 0.171 e. The van der Waals surface area contributed by atoms with Crippen LogP contribution in [-0.4, -0.2) is 125 Å². The third-order valence-electron chi connectivity index (χ3n) is 16.4. The highest BCUT2D eigenvalue weighted by molar-refractivity contribution is 14.1. The van der Waals surface area contributed by atoms with Crippen molar-refractivity contribution in [3.05, 3.63) is 67.8 Å². The lowest BCUT2D eigenvalue weighted by molar-refractivity contribution is 0.0940. The van der Waals surface area contributed by atoms with Gasteiger partial charge in [0.2, 0.25) is 0 Å². The standard InChI is InChI=1S/C29H47N5O2SSi2.C26H45IN4O2Si2.C4H5NS/c1-38(2,3)11-9-35-20-33(21-36-10-12-39(4,5)6)28-16-26(24-14-22-7-8-23(13-22)15-24)32-29-25(17-31-34(28)29)27-18-30-19-37-27;1-34(2,3)11-9-32-18-30(19-33-10-12-35(4,5)6)25-16-24(29-26-23(27)17-28-31(25)26)22-14-20-7-8-21(13-20)15-22;1-4-2-5-3-6-4/h16-19,22-24H,7-15,20-21H2,1-6H3;16-17,20-22H,7-15,18-19H2,1-6H3;2-3H,1H3/t22-,23+,24?;20-,21+,22?;. The maximum atomic E-state index is 6.30. The summed E-state index contributed by atoms with van der Waals surface area (Å²) in [6, 6.07) is 9.20. The average molecular weight is 1310 g/mol. The maximum absolute atomic E-state index is 6.30. The lowest BCUT2D eigenvalue weighted by Crippen LogP contribution is -2.33. The highest BCUT2D eigenvalue weighted by Gasteiger charge is 2.38. The van der Waals surface area contributed by atoms with Crippen LogP contribution < -0.4 is 9.80 Å². The third kappa shape index (κ3) is 19.3. The van der Waals surface area contributed by atoms with Gasteiger partial charge in [0.1, 0.15) is 38.6 Å². The normalized spacial score (nSPS) is 21.2. The van der Waals surface area contributed by atoms with E-state index in [2.05, 4.69) is 133 Å². The summed E-state index contributed by atoms with van der Waals surface area (Å²) in [5.74, 6) is 6.60. The Morgan fingerprint density at radius 1 is 0.512 bits per heavy atom. The summed E-state index contributed by atoms with van der Waals surface area (Å²) in [7, 11) is -4.62. The van der Waals surface area contributed by atoms with Crippen LogP contribution in [0.2, 0.25) is 103 Å². The van der Waals surface area contributed by atoms with Crippen LogP contribution in [0.4, 0.5) is 11.6 Å². The molecule has 0 saturated heterocycles. The van der Waals surface area contributed by atoms with Gasteiger partial charge in [-0.1, -0.05) is 104 Å². The summed E-state index contributed by atoms with van der Waals surface area (Å²) in [5, 5.41) is 9.56. The van der Waals surface area contributed by atoms with E-state index in [0.29, 0.717) is 38.8 Å². The summed E-state index contributed by atoms with van der Waals surface area (Å²) in [5.41, 5.74) is 9.08. The van der Waals surface area contributed by atoms with E-state index in [1.807, 2.05) is 51.8 Å². The van der Waals surface area contributed by atoms with Crippen LogP contribution in [0.1, 0.15) is 92.3 Å². The van der Waals surface area contributed by atoms with E-state index in [1.54, 1.807) is 22.7 Å². The Kier molecular flexibility index (Phi) is 22.7. The SMILES string of the molecule is C[Si](C)(C)CCOCN(COCC[Si](C)(C)C)c1cc(C2C[C@H]3CC[C@@H](C2)C3)nc2c(-c3cncs3)cnn12.C[Si](C)(C)CCOCN(COCC[Si](C)(C)C)c1cc(C2C[C@H]3CC[C@@H](C2)C3)nc2c(I)cnn12.Cc1cncs1. The Hall–Kier alpha value is -2.46. The van der Waals surface area contributed by atoms with Crippen molar-refractivity contribution in [3.8, 4) is 10.4 Å². The van der Waals surface area contributed by atoms with Gasteiger partial charge < -0.3 is 28.7 Å². The molecule has 0 aromatic carbocycles. The Balaban J connectivity index is 0.000000191. The number of rotatable bonds is 25. The Morgan fingerprint density at radius 3 is 1.26 bits per heavy atom. The van der Waals surface area contributed by atoms with Gasteiger partial charge in [-0.2, -0.15) is 19.2 Å². The van der Waals surface area contributed by atoms with Gasteiger partial charge in [-0.05, 0) is 116 Å². The van der Waals surface area contributed by atoms with E-state index in [0.717, 1.165) is 99.1 Å². The van der Waals surface area contributed by atoms with E-state index < -0.39 is 32.3 Å². The van der Waals surface area contributed by atoms with Crippen molar-refractivity contribution in [2.45, 2.75) is 186 Å². The van der Waals surface area contributed by atoms with Gasteiger partial charge >= 0.3 is 0 Å². The second-order valence-corrected chi connectivity index (χ2v) is 54.1. The van der Waals surface area contributed by atoms with E-state index in [1.165, 1.54) is 92.6 Å². The number of aryl methyl sites for hydroxylation is 1. The molecule has 4 saturated carbocycles. The molecule has 6 atom stereocenters. The van der Waals surface area contributed by atoms with Crippen LogP contribution in [0.15, 0.2) is 47.9 Å². The summed E-state index contributed by atoms with van der Waals surface area (Å²) >= 11 is 5.68. The second kappa shape index (κ2) is 28.6. The molecular formula is C59H97IN10O4S2Si4. The molecule has 2 unspecified atom stereocenters. The smallest absolute Gasteiger partial charge is 0.171 e. The third-order valence-corrected chi connectivity index (χ3v) is 25.5. The van der Waals surface area contributed by atoms with E-state index in [9.17, 15) is 0 Å². The van der Waals surface area contributed by atoms with Crippen molar-refractivity contribution in [3.63, 3.8) is 0 Å². The zero-order valence-electron chi connectivity index (χ0n) is 50.9. The fourth-order valence-corrected chi connectivity index (χ4v) is 16.2. The summed E-state index contributed by atoms with van der Waals surface area (Å²) in [6.45, 7) is 36.0. The van der Waals surface area contributed by atoms with Crippen molar-refractivity contribution in [2.24, 2.45) is 23.7 Å². The fraction of sp³-hybridized carbons (Fsp3) is 0.695. The fourth-order valence-electron chi connectivity index (χ4n) is 11.6. The molecule has 0 N–H and O–H groups in total. The first kappa shape index (κ1) is 63.6. The number of thiazole rings is 2. The average Bonchev–Trinajstić information content (AvgIpc) is 4.43. The lowest BCUT2D eigenvalue weighted by Gasteiger charge is -2.30. The predicted molar refractivity (Wildman–Crippen MR) is 353 cm³/mol. The van der Waals surface area contributed by atoms with Crippen LogP contribution in [0, 0.1) is 34.2 Å². The quantitative estimate of drug-likeness (QED) is 0.0234. The number of aromatic nitrogens is 8. The predicted octanol–water partition coefficient (Wildman–Crippen LogP) is 16.1. The molecule has 21 heteroatoms. The molecular weight excluding hydrogens is 1220 g/mol. The Morgan fingerprint density at radius 2 is 0.900 bits per heavy atom. The summed E-state index contributed by atoms with van der Waals surface area (Å²) < 4.78 is 30.2. The molecule has 0 amide bonds. The lowest BCUT2D eigenvalue weighted by atomic mass is 9.79. The van der Waals surface area contributed by atoms with Crippen LogP contribution in [0.5, 0.6) is 0 Å². The number of fused-ring (bicyclic) bond motifs is 6. The van der Waals surface area contributed by atoms with Crippen molar-refractivity contribution < 1.29 is 18.9 Å². The minimum absolute atomic E-state index is 0.488. The zero-order valence-corrected chi connectivity index (χ0v) is 58.7.